The average Bonchev–Trinajstić information content (AvgIpc) is 3.74. The third-order valence-electron chi connectivity index (χ3n) is 11.2. The van der Waals surface area contributed by atoms with Gasteiger partial charge in [-0.2, -0.15) is 0 Å². The molecular formula is C45H34N4. The fourth-order valence-electron chi connectivity index (χ4n) is 8.56. The van der Waals surface area contributed by atoms with Gasteiger partial charge in [-0.05, 0) is 68.8 Å². The van der Waals surface area contributed by atoms with E-state index in [2.05, 4.69) is 152 Å². The zero-order valence-corrected chi connectivity index (χ0v) is 28.0. The van der Waals surface area contributed by atoms with Gasteiger partial charge < -0.3 is 0 Å². The smallest absolute Gasteiger partial charge is 0.164 e. The minimum absolute atomic E-state index is 0.106. The van der Waals surface area contributed by atoms with Crippen LogP contribution in [0.25, 0.3) is 72.6 Å². The maximum absolute atomic E-state index is 5.46. The summed E-state index contributed by atoms with van der Waals surface area (Å²) in [4.78, 5) is 15.2. The molecule has 0 atom stereocenters. The Balaban J connectivity index is 1.22. The van der Waals surface area contributed by atoms with Gasteiger partial charge in [-0.25, -0.2) is 9.97 Å². The molecule has 0 radical (unpaired) electrons. The summed E-state index contributed by atoms with van der Waals surface area (Å²) in [5.74, 6) is 0. The van der Waals surface area contributed by atoms with Gasteiger partial charge in [-0.15, -0.1) is 0 Å². The second-order valence-corrected chi connectivity index (χ2v) is 14.5. The number of aromatic nitrogens is 4. The molecule has 49 heavy (non-hydrogen) atoms. The van der Waals surface area contributed by atoms with Crippen LogP contribution >= 0.6 is 0 Å². The Morgan fingerprint density at radius 2 is 1.14 bits per heavy atom. The largest absolute Gasteiger partial charge is 0.296 e. The molecule has 0 N–H and O–H groups in total. The van der Waals surface area contributed by atoms with E-state index in [0.29, 0.717) is 0 Å². The molecule has 10 rings (SSSR count). The summed E-state index contributed by atoms with van der Waals surface area (Å²) in [7, 11) is 0. The zero-order chi connectivity index (χ0) is 33.1. The third kappa shape index (κ3) is 3.89. The van der Waals surface area contributed by atoms with E-state index < -0.39 is 0 Å². The lowest BCUT2D eigenvalue weighted by Gasteiger charge is -2.22. The Morgan fingerprint density at radius 1 is 0.531 bits per heavy atom. The number of imidazole rings is 1. The first-order chi connectivity index (χ1) is 23.8. The van der Waals surface area contributed by atoms with Crippen LogP contribution in [-0.2, 0) is 10.8 Å². The molecule has 0 bridgehead atoms. The first kappa shape index (κ1) is 28.2. The molecule has 0 unspecified atom stereocenters. The lowest BCUT2D eigenvalue weighted by molar-refractivity contribution is 0.660. The van der Waals surface area contributed by atoms with Gasteiger partial charge in [0.25, 0.3) is 0 Å². The van der Waals surface area contributed by atoms with E-state index in [1.54, 1.807) is 0 Å². The summed E-state index contributed by atoms with van der Waals surface area (Å²) >= 11 is 0. The maximum atomic E-state index is 5.46. The molecule has 3 aromatic heterocycles. The van der Waals surface area contributed by atoms with Crippen molar-refractivity contribution in [2.24, 2.45) is 0 Å². The van der Waals surface area contributed by atoms with Crippen LogP contribution in [0, 0.1) is 0 Å². The highest BCUT2D eigenvalue weighted by molar-refractivity contribution is 5.95. The molecule has 0 saturated heterocycles. The van der Waals surface area contributed by atoms with Crippen molar-refractivity contribution in [3.63, 3.8) is 0 Å². The van der Waals surface area contributed by atoms with Crippen molar-refractivity contribution in [1.82, 2.24) is 19.4 Å². The minimum Gasteiger partial charge on any atom is -0.296 e. The van der Waals surface area contributed by atoms with E-state index in [9.17, 15) is 0 Å². The van der Waals surface area contributed by atoms with Crippen molar-refractivity contribution in [3.05, 3.63) is 156 Å². The third-order valence-corrected chi connectivity index (χ3v) is 11.2. The van der Waals surface area contributed by atoms with Gasteiger partial charge in [0.1, 0.15) is 5.69 Å². The van der Waals surface area contributed by atoms with Crippen molar-refractivity contribution in [2.45, 2.75) is 38.5 Å². The molecule has 2 aliphatic rings. The van der Waals surface area contributed by atoms with Crippen molar-refractivity contribution in [1.29, 1.82) is 0 Å². The summed E-state index contributed by atoms with van der Waals surface area (Å²) in [6, 6.07) is 41.8. The summed E-state index contributed by atoms with van der Waals surface area (Å²) in [6.07, 6.45) is 6.00. The Labute approximate surface area is 285 Å². The van der Waals surface area contributed by atoms with E-state index in [-0.39, 0.29) is 10.8 Å². The van der Waals surface area contributed by atoms with Crippen LogP contribution in [0.3, 0.4) is 0 Å². The van der Waals surface area contributed by atoms with Crippen LogP contribution < -0.4 is 0 Å². The zero-order valence-electron chi connectivity index (χ0n) is 28.0. The van der Waals surface area contributed by atoms with E-state index >= 15 is 0 Å². The van der Waals surface area contributed by atoms with Gasteiger partial charge in [-0.1, -0.05) is 119 Å². The number of rotatable bonds is 3. The first-order valence-electron chi connectivity index (χ1n) is 17.0. The van der Waals surface area contributed by atoms with Gasteiger partial charge in [0.15, 0.2) is 5.65 Å². The monoisotopic (exact) mass is 630 g/mol. The van der Waals surface area contributed by atoms with Gasteiger partial charge >= 0.3 is 0 Å². The fourth-order valence-corrected chi connectivity index (χ4v) is 8.56. The highest BCUT2D eigenvalue weighted by Gasteiger charge is 2.37. The molecule has 3 heterocycles. The molecule has 0 spiro atoms. The molecule has 5 aromatic carbocycles. The van der Waals surface area contributed by atoms with Crippen LogP contribution in [0.2, 0.25) is 0 Å². The highest BCUT2D eigenvalue weighted by atomic mass is 15.0. The Hall–Kier alpha value is -5.87. The van der Waals surface area contributed by atoms with Gasteiger partial charge in [0.2, 0.25) is 0 Å². The summed E-state index contributed by atoms with van der Waals surface area (Å²) in [5, 5.41) is 1.10. The highest BCUT2D eigenvalue weighted by Crippen LogP contribution is 2.51. The van der Waals surface area contributed by atoms with Crippen LogP contribution in [0.4, 0.5) is 0 Å². The Bertz CT molecular complexity index is 2670. The van der Waals surface area contributed by atoms with E-state index in [1.807, 2.05) is 18.5 Å². The molecule has 234 valence electrons. The van der Waals surface area contributed by atoms with Crippen LogP contribution in [0.1, 0.15) is 49.9 Å². The lowest BCUT2D eigenvalue weighted by Crippen LogP contribution is -2.15. The molecule has 2 aliphatic carbocycles. The van der Waals surface area contributed by atoms with Crippen molar-refractivity contribution in [2.75, 3.05) is 0 Å². The minimum atomic E-state index is -0.118. The molecule has 0 fully saturated rings. The van der Waals surface area contributed by atoms with E-state index in [1.165, 1.54) is 44.5 Å². The number of nitrogens with zero attached hydrogens (tertiary/aromatic N) is 4. The summed E-state index contributed by atoms with van der Waals surface area (Å²) in [6.45, 7) is 9.31. The predicted octanol–water partition coefficient (Wildman–Crippen LogP) is 10.9. The summed E-state index contributed by atoms with van der Waals surface area (Å²) in [5.41, 5.74) is 18.3. The molecule has 0 aliphatic heterocycles. The van der Waals surface area contributed by atoms with Crippen LogP contribution in [0.5, 0.6) is 0 Å². The molecule has 0 amide bonds. The topological polar surface area (TPSA) is 43.1 Å². The van der Waals surface area contributed by atoms with Crippen LogP contribution in [-0.4, -0.2) is 19.4 Å². The van der Waals surface area contributed by atoms with Crippen molar-refractivity contribution < 1.29 is 0 Å². The second kappa shape index (κ2) is 9.83. The fraction of sp³-hybridized carbons (Fsp3) is 0.133. The number of pyridine rings is 1. The van der Waals surface area contributed by atoms with Gasteiger partial charge in [-0.3, -0.25) is 9.38 Å². The van der Waals surface area contributed by atoms with Crippen LogP contribution in [0.15, 0.2) is 134 Å². The SMILES string of the molecule is CC1(C)c2ccccc2-c2ccc(-c3cn4c(-c5cccc6ncccc56)cnc4c(-c4ccc5c(c4)C(C)(C)c4ccccc4-5)n3)cc21. The number of hydrogen-bond donors (Lipinski definition) is 0. The normalized spacial score (nSPS) is 14.9. The quantitative estimate of drug-likeness (QED) is 0.195. The molecule has 0 saturated carbocycles. The van der Waals surface area contributed by atoms with E-state index in [0.717, 1.165) is 50.3 Å². The molecule has 4 heteroatoms. The predicted molar refractivity (Wildman–Crippen MR) is 200 cm³/mol. The van der Waals surface area contributed by atoms with E-state index in [4.69, 9.17) is 9.97 Å². The number of hydrogen-bond acceptors (Lipinski definition) is 3. The lowest BCUT2D eigenvalue weighted by atomic mass is 9.82. The average molecular weight is 631 g/mol. The summed E-state index contributed by atoms with van der Waals surface area (Å²) < 4.78 is 2.24. The molecular weight excluding hydrogens is 597 g/mol. The number of benzene rings is 5. The number of fused-ring (bicyclic) bond motifs is 8. The second-order valence-electron chi connectivity index (χ2n) is 14.5. The van der Waals surface area contributed by atoms with Gasteiger partial charge in [0, 0.05) is 45.3 Å². The Morgan fingerprint density at radius 3 is 1.86 bits per heavy atom. The molecule has 4 nitrogen and oxygen atoms in total. The Kier molecular flexibility index (Phi) is 5.65. The molecule has 8 aromatic rings. The van der Waals surface area contributed by atoms with Crippen molar-refractivity contribution >= 4 is 16.6 Å². The standard InChI is InChI=1S/C45H34N4/c1-44(2)35-15-7-5-11-29(35)31-20-18-27(23-37(31)44)40-26-49-41(34-13-9-17-39-33(34)14-10-22-46-39)25-47-43(49)42(48-40)28-19-21-32-30-12-6-8-16-36(30)45(3,4)38(32)24-28/h5-26H,1-4H3. The van der Waals surface area contributed by atoms with Gasteiger partial charge in [0.05, 0.1) is 23.1 Å². The van der Waals surface area contributed by atoms with Crippen molar-refractivity contribution in [3.8, 4) is 56.0 Å². The maximum Gasteiger partial charge on any atom is 0.164 e. The first-order valence-corrected chi connectivity index (χ1v) is 17.0.